The third-order valence-corrected chi connectivity index (χ3v) is 6.55. The van der Waals surface area contributed by atoms with Gasteiger partial charge in [0.15, 0.2) is 0 Å². The van der Waals surface area contributed by atoms with Gasteiger partial charge in [0.2, 0.25) is 5.95 Å². The standard InChI is InChI=1S/C28H36N4O/c1-6-14-30(15-13-23-11-9-8-10-12-23)27(33)26-24(7-2)29-28-31(16-17-32(26)28)25-21(4)18-20(3)19-22(25)5/h8-12,18-19H,6-7,13-17H2,1-5H3. The zero-order valence-electron chi connectivity index (χ0n) is 20.7. The highest BCUT2D eigenvalue weighted by atomic mass is 16.2. The van der Waals surface area contributed by atoms with E-state index in [1.54, 1.807) is 0 Å². The fraction of sp³-hybridized carbons (Fsp3) is 0.429. The zero-order chi connectivity index (χ0) is 23.5. The molecule has 0 saturated carbocycles. The summed E-state index contributed by atoms with van der Waals surface area (Å²) in [6, 6.07) is 14.9. The van der Waals surface area contributed by atoms with Crippen LogP contribution in [0.4, 0.5) is 11.6 Å². The van der Waals surface area contributed by atoms with Crippen molar-refractivity contribution in [1.29, 1.82) is 0 Å². The Kier molecular flexibility index (Phi) is 6.87. The Morgan fingerprint density at radius 2 is 1.70 bits per heavy atom. The van der Waals surface area contributed by atoms with Crippen LogP contribution in [0.15, 0.2) is 42.5 Å². The van der Waals surface area contributed by atoms with Crippen LogP contribution in [0.3, 0.4) is 0 Å². The lowest BCUT2D eigenvalue weighted by molar-refractivity contribution is 0.0746. The maximum Gasteiger partial charge on any atom is 0.272 e. The average molecular weight is 445 g/mol. The molecule has 0 aliphatic carbocycles. The van der Waals surface area contributed by atoms with Crippen molar-refractivity contribution in [2.45, 2.75) is 60.4 Å². The molecule has 2 heterocycles. The van der Waals surface area contributed by atoms with Gasteiger partial charge in [-0.15, -0.1) is 0 Å². The van der Waals surface area contributed by atoms with E-state index in [1.165, 1.54) is 27.9 Å². The summed E-state index contributed by atoms with van der Waals surface area (Å²) in [5, 5.41) is 0. The van der Waals surface area contributed by atoms with Crippen LogP contribution >= 0.6 is 0 Å². The fourth-order valence-corrected chi connectivity index (χ4v) is 5.15. The van der Waals surface area contributed by atoms with Crippen molar-refractivity contribution >= 4 is 17.5 Å². The maximum absolute atomic E-state index is 13.8. The lowest BCUT2D eigenvalue weighted by Crippen LogP contribution is -2.35. The van der Waals surface area contributed by atoms with Crippen LogP contribution < -0.4 is 4.90 Å². The SMILES string of the molecule is CCCN(CCc1ccccc1)C(=O)c1c(CC)nc2n1CCN2c1c(C)cc(C)cc1C. The van der Waals surface area contributed by atoms with E-state index in [-0.39, 0.29) is 5.91 Å². The minimum Gasteiger partial charge on any atom is -0.337 e. The molecule has 0 atom stereocenters. The minimum absolute atomic E-state index is 0.114. The number of rotatable bonds is 8. The van der Waals surface area contributed by atoms with Crippen LogP contribution in [-0.4, -0.2) is 40.0 Å². The molecule has 0 saturated heterocycles. The summed E-state index contributed by atoms with van der Waals surface area (Å²) in [6.07, 6.45) is 2.55. The van der Waals surface area contributed by atoms with Crippen molar-refractivity contribution < 1.29 is 4.79 Å². The first-order chi connectivity index (χ1) is 15.9. The number of carbonyl (C=O) groups is 1. The van der Waals surface area contributed by atoms with Gasteiger partial charge in [-0.3, -0.25) is 4.79 Å². The number of carbonyl (C=O) groups excluding carboxylic acids is 1. The maximum atomic E-state index is 13.8. The summed E-state index contributed by atoms with van der Waals surface area (Å²) < 4.78 is 2.16. The molecule has 5 nitrogen and oxygen atoms in total. The van der Waals surface area contributed by atoms with E-state index < -0.39 is 0 Å². The average Bonchev–Trinajstić information content (AvgIpc) is 3.35. The van der Waals surface area contributed by atoms with Gasteiger partial charge in [-0.2, -0.15) is 0 Å². The van der Waals surface area contributed by atoms with Crippen LogP contribution in [0.25, 0.3) is 0 Å². The topological polar surface area (TPSA) is 41.4 Å². The molecule has 5 heteroatoms. The van der Waals surface area contributed by atoms with Gasteiger partial charge >= 0.3 is 0 Å². The number of hydrogen-bond acceptors (Lipinski definition) is 3. The van der Waals surface area contributed by atoms with Gasteiger partial charge < -0.3 is 14.4 Å². The van der Waals surface area contributed by atoms with Crippen LogP contribution in [0.1, 0.15) is 58.7 Å². The van der Waals surface area contributed by atoms with Crippen molar-refractivity contribution in [2.24, 2.45) is 0 Å². The van der Waals surface area contributed by atoms with Gasteiger partial charge in [-0.05, 0) is 56.7 Å². The van der Waals surface area contributed by atoms with Gasteiger partial charge in [0.05, 0.1) is 5.69 Å². The van der Waals surface area contributed by atoms with Crippen LogP contribution in [-0.2, 0) is 19.4 Å². The summed E-state index contributed by atoms with van der Waals surface area (Å²) in [5.41, 5.74) is 7.95. The smallest absolute Gasteiger partial charge is 0.272 e. The second kappa shape index (κ2) is 9.82. The van der Waals surface area contributed by atoms with Crippen LogP contribution in [0.5, 0.6) is 0 Å². The molecule has 1 aromatic heterocycles. The van der Waals surface area contributed by atoms with Gasteiger partial charge in [0, 0.05) is 31.9 Å². The first-order valence-corrected chi connectivity index (χ1v) is 12.2. The lowest BCUT2D eigenvalue weighted by atomic mass is 10.0. The van der Waals surface area contributed by atoms with Crippen LogP contribution in [0, 0.1) is 20.8 Å². The number of fused-ring (bicyclic) bond motifs is 1. The van der Waals surface area contributed by atoms with E-state index in [0.717, 1.165) is 62.8 Å². The van der Waals surface area contributed by atoms with E-state index in [9.17, 15) is 4.79 Å². The highest BCUT2D eigenvalue weighted by Gasteiger charge is 2.33. The zero-order valence-corrected chi connectivity index (χ0v) is 20.7. The molecular formula is C28H36N4O. The van der Waals surface area contributed by atoms with Gasteiger partial charge in [-0.1, -0.05) is 61.9 Å². The van der Waals surface area contributed by atoms with Gasteiger partial charge in [-0.25, -0.2) is 4.98 Å². The summed E-state index contributed by atoms with van der Waals surface area (Å²) in [4.78, 5) is 23.1. The third-order valence-electron chi connectivity index (χ3n) is 6.55. The molecule has 0 N–H and O–H groups in total. The third kappa shape index (κ3) is 4.54. The van der Waals surface area contributed by atoms with E-state index in [2.05, 4.69) is 80.5 Å². The van der Waals surface area contributed by atoms with Gasteiger partial charge in [0.25, 0.3) is 5.91 Å². The largest absolute Gasteiger partial charge is 0.337 e. The highest BCUT2D eigenvalue weighted by molar-refractivity contribution is 5.95. The second-order valence-corrected chi connectivity index (χ2v) is 9.14. The molecule has 1 amide bonds. The fourth-order valence-electron chi connectivity index (χ4n) is 5.15. The Hall–Kier alpha value is -3.08. The molecule has 0 fully saturated rings. The van der Waals surface area contributed by atoms with Crippen LogP contribution in [0.2, 0.25) is 0 Å². The summed E-state index contributed by atoms with van der Waals surface area (Å²) in [7, 11) is 0. The van der Waals surface area contributed by atoms with Crippen molar-refractivity contribution in [2.75, 3.05) is 24.5 Å². The first-order valence-electron chi connectivity index (χ1n) is 12.2. The number of imidazole rings is 1. The monoisotopic (exact) mass is 444 g/mol. The lowest BCUT2D eigenvalue weighted by Gasteiger charge is -2.23. The number of amides is 1. The number of aromatic nitrogens is 2. The molecule has 2 aromatic carbocycles. The van der Waals surface area contributed by atoms with E-state index >= 15 is 0 Å². The molecule has 1 aliphatic rings. The molecule has 174 valence electrons. The molecule has 33 heavy (non-hydrogen) atoms. The molecular weight excluding hydrogens is 408 g/mol. The summed E-state index contributed by atoms with van der Waals surface area (Å²) in [5.74, 6) is 1.02. The van der Waals surface area contributed by atoms with E-state index in [4.69, 9.17) is 4.98 Å². The number of benzene rings is 2. The minimum atomic E-state index is 0.114. The number of aryl methyl sites for hydroxylation is 4. The predicted octanol–water partition coefficient (Wildman–Crippen LogP) is 5.62. The number of hydrogen-bond donors (Lipinski definition) is 0. The van der Waals surface area contributed by atoms with E-state index in [0.29, 0.717) is 0 Å². The molecule has 4 rings (SSSR count). The number of nitrogens with zero attached hydrogens (tertiary/aromatic N) is 4. The van der Waals surface area contributed by atoms with Crippen molar-refractivity contribution in [3.05, 3.63) is 76.1 Å². The Labute approximate surface area is 198 Å². The van der Waals surface area contributed by atoms with E-state index in [1.807, 2.05) is 11.0 Å². The molecule has 1 aliphatic heterocycles. The summed E-state index contributed by atoms with van der Waals surface area (Å²) >= 11 is 0. The van der Waals surface area contributed by atoms with Crippen molar-refractivity contribution in [3.8, 4) is 0 Å². The second-order valence-electron chi connectivity index (χ2n) is 9.14. The highest BCUT2D eigenvalue weighted by Crippen LogP contribution is 2.36. The summed E-state index contributed by atoms with van der Waals surface area (Å²) in [6.45, 7) is 13.8. The Bertz CT molecular complexity index is 1110. The molecule has 0 bridgehead atoms. The Balaban J connectivity index is 1.66. The Morgan fingerprint density at radius 1 is 1.00 bits per heavy atom. The van der Waals surface area contributed by atoms with Gasteiger partial charge in [0.1, 0.15) is 5.69 Å². The Morgan fingerprint density at radius 3 is 2.33 bits per heavy atom. The molecule has 0 unspecified atom stereocenters. The normalized spacial score (nSPS) is 12.8. The van der Waals surface area contributed by atoms with Crippen molar-refractivity contribution in [1.82, 2.24) is 14.5 Å². The quantitative estimate of drug-likeness (QED) is 0.453. The molecule has 0 radical (unpaired) electrons. The predicted molar refractivity (Wildman–Crippen MR) is 136 cm³/mol. The molecule has 3 aromatic rings. The molecule has 0 spiro atoms. The number of anilines is 2. The first kappa shape index (κ1) is 23.1. The van der Waals surface area contributed by atoms with Crippen molar-refractivity contribution in [3.63, 3.8) is 0 Å².